The van der Waals surface area contributed by atoms with Crippen molar-refractivity contribution in [2.24, 2.45) is 0 Å². The molecular formula is C15H13NO5. The molecule has 0 fully saturated rings. The van der Waals surface area contributed by atoms with E-state index < -0.39 is 11.4 Å². The van der Waals surface area contributed by atoms with E-state index >= 15 is 0 Å². The second-order valence-corrected chi connectivity index (χ2v) is 4.32. The van der Waals surface area contributed by atoms with E-state index in [1.165, 1.54) is 13.3 Å². The summed E-state index contributed by atoms with van der Waals surface area (Å²) in [5.74, 6) is -1.60. The highest BCUT2D eigenvalue weighted by atomic mass is 16.5. The number of H-pyrrole nitrogens is 1. The highest BCUT2D eigenvalue weighted by Gasteiger charge is 2.11. The smallest absolute Gasteiger partial charge is 0.341 e. The summed E-state index contributed by atoms with van der Waals surface area (Å²) in [6.07, 6.45) is 4.70. The van der Waals surface area contributed by atoms with Gasteiger partial charge >= 0.3 is 11.9 Å². The number of esters is 1. The third-order valence-electron chi connectivity index (χ3n) is 2.96. The third kappa shape index (κ3) is 3.17. The maximum Gasteiger partial charge on any atom is 0.341 e. The minimum Gasteiger partial charge on any atom is -0.477 e. The molecule has 1 aromatic carbocycles. The zero-order chi connectivity index (χ0) is 15.4. The van der Waals surface area contributed by atoms with Gasteiger partial charge in [0, 0.05) is 17.1 Å². The van der Waals surface area contributed by atoms with Gasteiger partial charge in [0.05, 0.1) is 13.5 Å². The van der Waals surface area contributed by atoms with Crippen LogP contribution < -0.4 is 5.43 Å². The standard InChI is InChI=1S/C15H13NO5/c1-21-13(17)4-2-3-9-5-6-10-12(7-9)16-8-11(14(10)18)15(19)20/h2-3,5-8H,4H2,1H3,(H,16,18)(H,19,20). The van der Waals surface area contributed by atoms with Crippen molar-refractivity contribution in [3.05, 3.63) is 51.8 Å². The van der Waals surface area contributed by atoms with E-state index in [4.69, 9.17) is 5.11 Å². The fourth-order valence-electron chi connectivity index (χ4n) is 1.88. The number of rotatable bonds is 4. The summed E-state index contributed by atoms with van der Waals surface area (Å²) in [5.41, 5.74) is 0.494. The number of carboxylic acids is 1. The van der Waals surface area contributed by atoms with E-state index in [0.717, 1.165) is 5.56 Å². The number of hydrogen-bond acceptors (Lipinski definition) is 4. The van der Waals surface area contributed by atoms with Crippen LogP contribution in [0.3, 0.4) is 0 Å². The van der Waals surface area contributed by atoms with E-state index in [0.29, 0.717) is 10.9 Å². The van der Waals surface area contributed by atoms with E-state index in [-0.39, 0.29) is 18.0 Å². The van der Waals surface area contributed by atoms with Crippen molar-refractivity contribution in [3.63, 3.8) is 0 Å². The monoisotopic (exact) mass is 287 g/mol. The van der Waals surface area contributed by atoms with Gasteiger partial charge in [0.25, 0.3) is 0 Å². The average Bonchev–Trinajstić information content (AvgIpc) is 2.47. The molecule has 0 aliphatic carbocycles. The van der Waals surface area contributed by atoms with Gasteiger partial charge in [-0.15, -0.1) is 0 Å². The molecular weight excluding hydrogens is 274 g/mol. The van der Waals surface area contributed by atoms with Gasteiger partial charge in [-0.05, 0) is 17.7 Å². The van der Waals surface area contributed by atoms with Crippen LogP contribution in [0.15, 0.2) is 35.3 Å². The van der Waals surface area contributed by atoms with Crippen LogP contribution >= 0.6 is 0 Å². The average molecular weight is 287 g/mol. The molecule has 21 heavy (non-hydrogen) atoms. The van der Waals surface area contributed by atoms with Gasteiger partial charge in [0.1, 0.15) is 5.56 Å². The first kappa shape index (κ1) is 14.5. The number of aromatic carboxylic acids is 1. The Morgan fingerprint density at radius 2 is 2.14 bits per heavy atom. The lowest BCUT2D eigenvalue weighted by molar-refractivity contribution is -0.139. The first-order valence-corrected chi connectivity index (χ1v) is 6.15. The highest BCUT2D eigenvalue weighted by Crippen LogP contribution is 2.13. The van der Waals surface area contributed by atoms with Crippen LogP contribution in [0, 0.1) is 0 Å². The Kier molecular flexibility index (Phi) is 4.18. The fourth-order valence-corrected chi connectivity index (χ4v) is 1.88. The second kappa shape index (κ2) is 6.04. The Hall–Kier alpha value is -2.89. The van der Waals surface area contributed by atoms with Gasteiger partial charge < -0.3 is 14.8 Å². The van der Waals surface area contributed by atoms with E-state index in [1.54, 1.807) is 30.4 Å². The minimum atomic E-state index is -1.26. The van der Waals surface area contributed by atoms with E-state index in [2.05, 4.69) is 9.72 Å². The number of carbonyl (C=O) groups excluding carboxylic acids is 1. The van der Waals surface area contributed by atoms with Crippen LogP contribution in [-0.4, -0.2) is 29.1 Å². The van der Waals surface area contributed by atoms with Gasteiger partial charge in [-0.25, -0.2) is 4.79 Å². The number of pyridine rings is 1. The number of aromatic amines is 1. The van der Waals surface area contributed by atoms with Crippen molar-refractivity contribution >= 4 is 28.9 Å². The summed E-state index contributed by atoms with van der Waals surface area (Å²) < 4.78 is 4.52. The Morgan fingerprint density at radius 1 is 1.38 bits per heavy atom. The number of aromatic nitrogens is 1. The van der Waals surface area contributed by atoms with E-state index in [1.807, 2.05) is 0 Å². The summed E-state index contributed by atoms with van der Waals surface area (Å²) in [6, 6.07) is 4.94. The summed E-state index contributed by atoms with van der Waals surface area (Å²) in [6.45, 7) is 0. The molecule has 0 saturated heterocycles. The summed E-state index contributed by atoms with van der Waals surface area (Å²) >= 11 is 0. The first-order chi connectivity index (χ1) is 10.0. The molecule has 108 valence electrons. The number of carbonyl (C=O) groups is 2. The minimum absolute atomic E-state index is 0.156. The van der Waals surface area contributed by atoms with Crippen molar-refractivity contribution in [3.8, 4) is 0 Å². The van der Waals surface area contributed by atoms with Crippen molar-refractivity contribution in [2.45, 2.75) is 6.42 Å². The molecule has 0 unspecified atom stereocenters. The largest absolute Gasteiger partial charge is 0.477 e. The molecule has 0 radical (unpaired) electrons. The zero-order valence-electron chi connectivity index (χ0n) is 11.3. The van der Waals surface area contributed by atoms with Gasteiger partial charge in [-0.1, -0.05) is 18.2 Å². The van der Waals surface area contributed by atoms with Crippen LogP contribution in [0.2, 0.25) is 0 Å². The molecule has 0 aliphatic heterocycles. The molecule has 0 spiro atoms. The highest BCUT2D eigenvalue weighted by molar-refractivity contribution is 5.92. The Balaban J connectivity index is 2.35. The maximum absolute atomic E-state index is 11.9. The lowest BCUT2D eigenvalue weighted by Crippen LogP contribution is -2.15. The SMILES string of the molecule is COC(=O)CC=Cc1ccc2c(=O)c(C(=O)O)c[nH]c2c1. The zero-order valence-corrected chi connectivity index (χ0v) is 11.3. The molecule has 2 N–H and O–H groups in total. The number of nitrogens with one attached hydrogen (secondary N) is 1. The van der Waals surface area contributed by atoms with Crippen molar-refractivity contribution in [2.75, 3.05) is 7.11 Å². The maximum atomic E-state index is 11.9. The van der Waals surface area contributed by atoms with Crippen LogP contribution in [0.4, 0.5) is 0 Å². The second-order valence-electron chi connectivity index (χ2n) is 4.32. The fraction of sp³-hybridized carbons (Fsp3) is 0.133. The molecule has 0 amide bonds. The normalized spacial score (nSPS) is 10.9. The van der Waals surface area contributed by atoms with Crippen LogP contribution in [0.1, 0.15) is 22.3 Å². The summed E-state index contributed by atoms with van der Waals surface area (Å²) in [5, 5.41) is 9.20. The molecule has 6 nitrogen and oxygen atoms in total. The van der Waals surface area contributed by atoms with Crippen molar-refractivity contribution in [1.82, 2.24) is 4.98 Å². The molecule has 2 rings (SSSR count). The summed E-state index contributed by atoms with van der Waals surface area (Å²) in [7, 11) is 1.32. The molecule has 0 atom stereocenters. The van der Waals surface area contributed by atoms with Gasteiger partial charge in [0.2, 0.25) is 5.43 Å². The first-order valence-electron chi connectivity index (χ1n) is 6.15. The quantitative estimate of drug-likeness (QED) is 0.836. The molecule has 1 aromatic heterocycles. The number of methoxy groups -OCH3 is 1. The lowest BCUT2D eigenvalue weighted by atomic mass is 10.1. The molecule has 0 saturated carbocycles. The lowest BCUT2D eigenvalue weighted by Gasteiger charge is -2.01. The number of ether oxygens (including phenoxy) is 1. The van der Waals surface area contributed by atoms with Crippen LogP contribution in [0.5, 0.6) is 0 Å². The van der Waals surface area contributed by atoms with Crippen LogP contribution in [-0.2, 0) is 9.53 Å². The van der Waals surface area contributed by atoms with Gasteiger partial charge in [-0.3, -0.25) is 9.59 Å². The molecule has 0 bridgehead atoms. The van der Waals surface area contributed by atoms with Gasteiger partial charge in [0.15, 0.2) is 0 Å². The Labute approximate surface area is 119 Å². The predicted octanol–water partition coefficient (Wildman–Crippen LogP) is 1.80. The number of fused-ring (bicyclic) bond motifs is 1. The van der Waals surface area contributed by atoms with Crippen molar-refractivity contribution < 1.29 is 19.4 Å². The van der Waals surface area contributed by atoms with Gasteiger partial charge in [-0.2, -0.15) is 0 Å². The number of benzene rings is 1. The predicted molar refractivity (Wildman–Crippen MR) is 77.2 cm³/mol. The number of hydrogen-bond donors (Lipinski definition) is 2. The van der Waals surface area contributed by atoms with Crippen LogP contribution in [0.25, 0.3) is 17.0 Å². The summed E-state index contributed by atoms with van der Waals surface area (Å²) in [4.78, 5) is 36.6. The topological polar surface area (TPSA) is 96.5 Å². The Morgan fingerprint density at radius 3 is 2.81 bits per heavy atom. The Bertz CT molecular complexity index is 788. The molecule has 6 heteroatoms. The van der Waals surface area contributed by atoms with Crippen molar-refractivity contribution in [1.29, 1.82) is 0 Å². The molecule has 1 heterocycles. The third-order valence-corrected chi connectivity index (χ3v) is 2.96. The number of carboxylic acid groups (broad SMARTS) is 1. The molecule has 0 aliphatic rings. The van der Waals surface area contributed by atoms with E-state index in [9.17, 15) is 14.4 Å². The molecule has 2 aromatic rings.